The third-order valence-electron chi connectivity index (χ3n) is 3.67. The van der Waals surface area contributed by atoms with Gasteiger partial charge in [-0.2, -0.15) is 0 Å². The van der Waals surface area contributed by atoms with Crippen LogP contribution in [0.25, 0.3) is 0 Å². The first kappa shape index (κ1) is 14.2. The first-order valence-corrected chi connectivity index (χ1v) is 6.95. The Morgan fingerprint density at radius 3 is 2.58 bits per heavy atom. The molecule has 1 fully saturated rings. The van der Waals surface area contributed by atoms with Crippen LogP contribution in [0.5, 0.6) is 0 Å². The Balaban J connectivity index is 2.27. The number of halogens is 1. The minimum absolute atomic E-state index is 0.133. The Kier molecular flexibility index (Phi) is 4.32. The van der Waals surface area contributed by atoms with E-state index in [0.717, 1.165) is 12.8 Å². The summed E-state index contributed by atoms with van der Waals surface area (Å²) in [5, 5.41) is 11.7. The molecule has 0 aromatic heterocycles. The zero-order valence-electron chi connectivity index (χ0n) is 11.2. The Hall–Kier alpha value is -1.26. The Morgan fingerprint density at radius 2 is 2.00 bits per heavy atom. The van der Waals surface area contributed by atoms with Crippen LogP contribution < -0.4 is 5.43 Å². The fraction of sp³-hybridized carbons (Fsp3) is 0.500. The second kappa shape index (κ2) is 5.80. The molecule has 2 unspecified atom stereocenters. The summed E-state index contributed by atoms with van der Waals surface area (Å²) < 4.78 is 0. The summed E-state index contributed by atoms with van der Waals surface area (Å²) in [7, 11) is 0. The number of carbonyl (C=O) groups is 1. The van der Waals surface area contributed by atoms with Gasteiger partial charge in [-0.15, -0.1) is 0 Å². The summed E-state index contributed by atoms with van der Waals surface area (Å²) >= 11 is 5.98. The summed E-state index contributed by atoms with van der Waals surface area (Å²) in [5.41, 5.74) is 3.93. The molecule has 1 aromatic rings. The highest BCUT2D eigenvalue weighted by atomic mass is 35.5. The lowest BCUT2D eigenvalue weighted by Gasteiger charge is -2.39. The first-order valence-electron chi connectivity index (χ1n) is 6.57. The average molecular weight is 283 g/mol. The molecular weight excluding hydrogens is 264 g/mol. The molecule has 2 atom stereocenters. The highest BCUT2D eigenvalue weighted by Crippen LogP contribution is 2.28. The van der Waals surface area contributed by atoms with E-state index in [1.165, 1.54) is 6.42 Å². The van der Waals surface area contributed by atoms with Crippen molar-refractivity contribution in [1.29, 1.82) is 0 Å². The molecule has 4 nitrogen and oxygen atoms in total. The Bertz CT molecular complexity index is 469. The SMILES string of the molecule is CC1CCCC(C)N1Nc1cccc(Cl)c1C(=O)O. The van der Waals surface area contributed by atoms with Crippen molar-refractivity contribution in [3.05, 3.63) is 28.8 Å². The molecule has 0 radical (unpaired) electrons. The molecule has 104 valence electrons. The molecule has 5 heteroatoms. The van der Waals surface area contributed by atoms with Crippen molar-refractivity contribution in [2.75, 3.05) is 5.43 Å². The molecule has 1 saturated heterocycles. The molecule has 0 aliphatic carbocycles. The lowest BCUT2D eigenvalue weighted by Crippen LogP contribution is -2.47. The summed E-state index contributed by atoms with van der Waals surface area (Å²) in [6.07, 6.45) is 3.43. The number of aromatic carboxylic acids is 1. The molecule has 2 N–H and O–H groups in total. The van der Waals surface area contributed by atoms with E-state index < -0.39 is 5.97 Å². The van der Waals surface area contributed by atoms with Gasteiger partial charge in [0.25, 0.3) is 0 Å². The fourth-order valence-corrected chi connectivity index (χ4v) is 2.87. The van der Waals surface area contributed by atoms with Gasteiger partial charge in [-0.1, -0.05) is 24.1 Å². The third kappa shape index (κ3) is 3.01. The molecule has 0 saturated carbocycles. The first-order chi connectivity index (χ1) is 9.00. The van der Waals surface area contributed by atoms with E-state index in [-0.39, 0.29) is 10.6 Å². The van der Waals surface area contributed by atoms with Crippen LogP contribution in [0.15, 0.2) is 18.2 Å². The maximum Gasteiger partial charge on any atom is 0.339 e. The molecular formula is C14H19ClN2O2. The van der Waals surface area contributed by atoms with E-state index in [4.69, 9.17) is 11.6 Å². The fourth-order valence-electron chi connectivity index (χ4n) is 2.62. The number of carboxylic acid groups (broad SMARTS) is 1. The zero-order valence-corrected chi connectivity index (χ0v) is 11.9. The Labute approximate surface area is 118 Å². The number of piperidine rings is 1. The summed E-state index contributed by atoms with van der Waals surface area (Å²) in [6, 6.07) is 5.87. The van der Waals surface area contributed by atoms with Crippen LogP contribution in [-0.4, -0.2) is 28.2 Å². The number of nitrogens with zero attached hydrogens (tertiary/aromatic N) is 1. The number of hydrogen-bond donors (Lipinski definition) is 2. The predicted octanol–water partition coefficient (Wildman–Crippen LogP) is 3.63. The summed E-state index contributed by atoms with van der Waals surface area (Å²) in [5.74, 6) is -1.01. The van der Waals surface area contributed by atoms with Crippen molar-refractivity contribution in [1.82, 2.24) is 5.01 Å². The van der Waals surface area contributed by atoms with Gasteiger partial charge in [0.1, 0.15) is 5.56 Å². The minimum Gasteiger partial charge on any atom is -0.478 e. The van der Waals surface area contributed by atoms with Gasteiger partial charge in [-0.25, -0.2) is 9.80 Å². The van der Waals surface area contributed by atoms with Gasteiger partial charge < -0.3 is 10.5 Å². The van der Waals surface area contributed by atoms with Gasteiger partial charge in [0.15, 0.2) is 0 Å². The molecule has 2 rings (SSSR count). The Morgan fingerprint density at radius 1 is 1.37 bits per heavy atom. The van der Waals surface area contributed by atoms with E-state index in [9.17, 15) is 9.90 Å². The molecule has 0 bridgehead atoms. The lowest BCUT2D eigenvalue weighted by molar-refractivity contribution is 0.0696. The van der Waals surface area contributed by atoms with Crippen molar-refractivity contribution in [2.45, 2.75) is 45.2 Å². The van der Waals surface area contributed by atoms with Gasteiger partial charge in [-0.3, -0.25) is 0 Å². The summed E-state index contributed by atoms with van der Waals surface area (Å²) in [4.78, 5) is 11.3. The van der Waals surface area contributed by atoms with Crippen molar-refractivity contribution < 1.29 is 9.90 Å². The lowest BCUT2D eigenvalue weighted by atomic mass is 10.00. The van der Waals surface area contributed by atoms with E-state index in [1.807, 2.05) is 0 Å². The second-order valence-electron chi connectivity index (χ2n) is 5.12. The van der Waals surface area contributed by atoms with Crippen LogP contribution in [0.4, 0.5) is 5.69 Å². The molecule has 1 aromatic carbocycles. The second-order valence-corrected chi connectivity index (χ2v) is 5.52. The quantitative estimate of drug-likeness (QED) is 0.889. The molecule has 1 aliphatic rings. The van der Waals surface area contributed by atoms with Gasteiger partial charge in [0, 0.05) is 12.1 Å². The van der Waals surface area contributed by atoms with Gasteiger partial charge >= 0.3 is 5.97 Å². The van der Waals surface area contributed by atoms with Crippen LogP contribution in [0.2, 0.25) is 5.02 Å². The van der Waals surface area contributed by atoms with E-state index in [1.54, 1.807) is 18.2 Å². The van der Waals surface area contributed by atoms with Crippen molar-refractivity contribution in [3.8, 4) is 0 Å². The normalized spacial score (nSPS) is 24.2. The van der Waals surface area contributed by atoms with Gasteiger partial charge in [0.05, 0.1) is 10.7 Å². The molecule has 19 heavy (non-hydrogen) atoms. The maximum absolute atomic E-state index is 11.3. The standard InChI is InChI=1S/C14H19ClN2O2/c1-9-5-3-6-10(2)17(9)16-12-8-4-7-11(15)13(12)14(18)19/h4,7-10,16H,3,5-6H2,1-2H3,(H,18,19). The average Bonchev–Trinajstić information content (AvgIpc) is 2.33. The number of nitrogens with one attached hydrogen (secondary N) is 1. The maximum atomic E-state index is 11.3. The van der Waals surface area contributed by atoms with E-state index >= 15 is 0 Å². The predicted molar refractivity (Wildman–Crippen MR) is 76.6 cm³/mol. The monoisotopic (exact) mass is 282 g/mol. The number of carboxylic acids is 1. The minimum atomic E-state index is -1.01. The highest BCUT2D eigenvalue weighted by molar-refractivity contribution is 6.34. The van der Waals surface area contributed by atoms with Crippen molar-refractivity contribution in [3.63, 3.8) is 0 Å². The number of hydrogen-bond acceptors (Lipinski definition) is 3. The topological polar surface area (TPSA) is 52.6 Å². The molecule has 0 spiro atoms. The van der Waals surface area contributed by atoms with E-state index in [2.05, 4.69) is 24.3 Å². The van der Waals surface area contributed by atoms with Gasteiger partial charge in [0.2, 0.25) is 0 Å². The van der Waals surface area contributed by atoms with Crippen LogP contribution >= 0.6 is 11.6 Å². The molecule has 1 heterocycles. The molecule has 0 amide bonds. The number of benzene rings is 1. The van der Waals surface area contributed by atoms with Crippen LogP contribution in [0.3, 0.4) is 0 Å². The summed E-state index contributed by atoms with van der Waals surface area (Å²) in [6.45, 7) is 4.29. The van der Waals surface area contributed by atoms with Crippen LogP contribution in [-0.2, 0) is 0 Å². The smallest absolute Gasteiger partial charge is 0.339 e. The number of rotatable bonds is 3. The third-order valence-corrected chi connectivity index (χ3v) is 3.99. The zero-order chi connectivity index (χ0) is 14.0. The van der Waals surface area contributed by atoms with Crippen molar-refractivity contribution in [2.24, 2.45) is 0 Å². The van der Waals surface area contributed by atoms with Gasteiger partial charge in [-0.05, 0) is 38.8 Å². The number of hydrazine groups is 1. The molecule has 1 aliphatic heterocycles. The van der Waals surface area contributed by atoms with Crippen molar-refractivity contribution >= 4 is 23.3 Å². The van der Waals surface area contributed by atoms with E-state index in [0.29, 0.717) is 17.8 Å². The highest BCUT2D eigenvalue weighted by Gasteiger charge is 2.26. The largest absolute Gasteiger partial charge is 0.478 e. The van der Waals surface area contributed by atoms with Crippen LogP contribution in [0, 0.1) is 0 Å². The van der Waals surface area contributed by atoms with Crippen LogP contribution in [0.1, 0.15) is 43.5 Å². The number of anilines is 1.